The van der Waals surface area contributed by atoms with E-state index in [1.807, 2.05) is 0 Å². The molecule has 1 heterocycles. The first kappa shape index (κ1) is 13.9. The Morgan fingerprint density at radius 3 is 2.62 bits per heavy atom. The van der Waals surface area contributed by atoms with Crippen LogP contribution < -0.4 is 5.32 Å². The van der Waals surface area contributed by atoms with Gasteiger partial charge in [0.1, 0.15) is 0 Å². The summed E-state index contributed by atoms with van der Waals surface area (Å²) in [5, 5.41) is 13.2. The van der Waals surface area contributed by atoms with Gasteiger partial charge in [0.25, 0.3) is 0 Å². The monoisotopic (exact) mass is 228 g/mol. The molecule has 3 nitrogen and oxygen atoms in total. The molecule has 1 unspecified atom stereocenters. The number of aliphatic hydroxyl groups is 1. The lowest BCUT2D eigenvalue weighted by Crippen LogP contribution is -2.50. The minimum absolute atomic E-state index is 0.0197. The van der Waals surface area contributed by atoms with E-state index in [0.29, 0.717) is 5.92 Å². The molecule has 0 saturated carbocycles. The summed E-state index contributed by atoms with van der Waals surface area (Å²) in [6.07, 6.45) is 3.37. The van der Waals surface area contributed by atoms with Crippen molar-refractivity contribution < 1.29 is 5.11 Å². The summed E-state index contributed by atoms with van der Waals surface area (Å²) in [6, 6.07) is 0. The third-order valence-corrected chi connectivity index (χ3v) is 3.67. The van der Waals surface area contributed by atoms with E-state index in [2.05, 4.69) is 31.0 Å². The van der Waals surface area contributed by atoms with Crippen LogP contribution in [0.5, 0.6) is 0 Å². The second-order valence-corrected chi connectivity index (χ2v) is 5.50. The molecule has 0 aromatic carbocycles. The first-order valence-corrected chi connectivity index (χ1v) is 6.70. The number of likely N-dealkylation sites (tertiary alicyclic amines) is 1. The van der Waals surface area contributed by atoms with Gasteiger partial charge < -0.3 is 15.3 Å². The molecule has 0 amide bonds. The molecule has 1 aliphatic heterocycles. The summed E-state index contributed by atoms with van der Waals surface area (Å²) < 4.78 is 0. The Morgan fingerprint density at radius 2 is 2.06 bits per heavy atom. The fourth-order valence-electron chi connectivity index (χ4n) is 2.38. The molecule has 1 saturated heterocycles. The molecule has 1 fully saturated rings. The number of rotatable bonds is 5. The van der Waals surface area contributed by atoms with E-state index in [-0.39, 0.29) is 12.1 Å². The van der Waals surface area contributed by atoms with E-state index in [9.17, 15) is 5.11 Å². The van der Waals surface area contributed by atoms with Crippen molar-refractivity contribution >= 4 is 0 Å². The summed E-state index contributed by atoms with van der Waals surface area (Å²) in [5.74, 6) is 0.647. The summed E-state index contributed by atoms with van der Waals surface area (Å²) in [6.45, 7) is 11.4. The lowest BCUT2D eigenvalue weighted by atomic mass is 9.91. The van der Waals surface area contributed by atoms with Crippen LogP contribution >= 0.6 is 0 Å². The number of aliphatic hydroxyl groups excluding tert-OH is 1. The minimum Gasteiger partial charge on any atom is -0.394 e. The fraction of sp³-hybridized carbons (Fsp3) is 1.00. The smallest absolute Gasteiger partial charge is 0.0613 e. The average molecular weight is 228 g/mol. The molecule has 0 spiro atoms. The molecule has 1 atom stereocenters. The van der Waals surface area contributed by atoms with Crippen LogP contribution in [-0.2, 0) is 0 Å². The van der Waals surface area contributed by atoms with Crippen LogP contribution in [0.4, 0.5) is 0 Å². The second-order valence-electron chi connectivity index (χ2n) is 5.50. The van der Waals surface area contributed by atoms with Gasteiger partial charge in [0, 0.05) is 5.54 Å². The van der Waals surface area contributed by atoms with E-state index >= 15 is 0 Å². The van der Waals surface area contributed by atoms with Crippen molar-refractivity contribution in [3.05, 3.63) is 0 Å². The van der Waals surface area contributed by atoms with E-state index in [0.717, 1.165) is 32.5 Å². The molecule has 2 N–H and O–H groups in total. The zero-order valence-corrected chi connectivity index (χ0v) is 11.1. The predicted octanol–water partition coefficient (Wildman–Crippen LogP) is 1.47. The minimum atomic E-state index is -0.0197. The van der Waals surface area contributed by atoms with E-state index in [1.54, 1.807) is 0 Å². The molecule has 3 heteroatoms. The largest absolute Gasteiger partial charge is 0.394 e. The Labute approximate surface area is 100 Å². The van der Waals surface area contributed by atoms with E-state index < -0.39 is 0 Å². The molecule has 96 valence electrons. The van der Waals surface area contributed by atoms with Crippen LogP contribution in [0.3, 0.4) is 0 Å². The van der Waals surface area contributed by atoms with Crippen molar-refractivity contribution in [1.82, 2.24) is 10.2 Å². The fourth-order valence-corrected chi connectivity index (χ4v) is 2.38. The van der Waals surface area contributed by atoms with Crippen molar-refractivity contribution in [2.45, 2.75) is 45.6 Å². The maximum absolute atomic E-state index is 9.66. The Hall–Kier alpha value is -0.120. The molecular formula is C13H28N2O. The first-order chi connectivity index (χ1) is 7.62. The Balaban J connectivity index is 2.51. The van der Waals surface area contributed by atoms with E-state index in [1.165, 1.54) is 13.0 Å². The van der Waals surface area contributed by atoms with Gasteiger partial charge in [0.2, 0.25) is 0 Å². The molecule has 1 aliphatic rings. The SMILES string of the molecule is CCN1CCCC(CO)(NCC(C)C)CC1. The number of nitrogens with one attached hydrogen (secondary N) is 1. The molecule has 1 rings (SSSR count). The summed E-state index contributed by atoms with van der Waals surface area (Å²) in [4.78, 5) is 2.48. The number of hydrogen-bond acceptors (Lipinski definition) is 3. The van der Waals surface area contributed by atoms with Crippen LogP contribution in [0.1, 0.15) is 40.0 Å². The lowest BCUT2D eigenvalue weighted by Gasteiger charge is -2.33. The summed E-state index contributed by atoms with van der Waals surface area (Å²) >= 11 is 0. The van der Waals surface area contributed by atoms with Crippen molar-refractivity contribution in [2.24, 2.45) is 5.92 Å². The normalized spacial score (nSPS) is 28.3. The van der Waals surface area contributed by atoms with Gasteiger partial charge in [0.15, 0.2) is 0 Å². The molecule has 0 radical (unpaired) electrons. The predicted molar refractivity (Wildman–Crippen MR) is 68.6 cm³/mol. The van der Waals surface area contributed by atoms with Gasteiger partial charge in [-0.2, -0.15) is 0 Å². The summed E-state index contributed by atoms with van der Waals surface area (Å²) in [7, 11) is 0. The van der Waals surface area contributed by atoms with Crippen LogP contribution in [0.25, 0.3) is 0 Å². The lowest BCUT2D eigenvalue weighted by molar-refractivity contribution is 0.139. The molecule has 16 heavy (non-hydrogen) atoms. The van der Waals surface area contributed by atoms with Crippen molar-refractivity contribution in [2.75, 3.05) is 32.8 Å². The highest BCUT2D eigenvalue weighted by Crippen LogP contribution is 2.22. The third kappa shape index (κ3) is 4.04. The van der Waals surface area contributed by atoms with Gasteiger partial charge >= 0.3 is 0 Å². The first-order valence-electron chi connectivity index (χ1n) is 6.70. The van der Waals surface area contributed by atoms with Gasteiger partial charge in [-0.05, 0) is 51.4 Å². The van der Waals surface area contributed by atoms with Gasteiger partial charge in [-0.15, -0.1) is 0 Å². The zero-order chi connectivity index (χ0) is 12.0. The van der Waals surface area contributed by atoms with Crippen LogP contribution in [0.15, 0.2) is 0 Å². The molecule has 0 aromatic rings. The van der Waals surface area contributed by atoms with Crippen molar-refractivity contribution in [1.29, 1.82) is 0 Å². The number of nitrogens with zero attached hydrogens (tertiary/aromatic N) is 1. The molecular weight excluding hydrogens is 200 g/mol. The third-order valence-electron chi connectivity index (χ3n) is 3.67. The maximum atomic E-state index is 9.66. The Kier molecular flexibility index (Phi) is 5.73. The second kappa shape index (κ2) is 6.58. The highest BCUT2D eigenvalue weighted by atomic mass is 16.3. The van der Waals surface area contributed by atoms with E-state index in [4.69, 9.17) is 0 Å². The van der Waals surface area contributed by atoms with Crippen molar-refractivity contribution in [3.63, 3.8) is 0 Å². The zero-order valence-electron chi connectivity index (χ0n) is 11.1. The standard InChI is InChI=1S/C13H28N2O/c1-4-15-8-5-6-13(11-16,7-9-15)14-10-12(2)3/h12,14,16H,4-11H2,1-3H3. The van der Waals surface area contributed by atoms with Crippen LogP contribution in [0.2, 0.25) is 0 Å². The van der Waals surface area contributed by atoms with Gasteiger partial charge in [0.05, 0.1) is 6.61 Å². The Bertz CT molecular complexity index is 196. The van der Waals surface area contributed by atoms with Crippen LogP contribution in [0, 0.1) is 5.92 Å². The Morgan fingerprint density at radius 1 is 1.31 bits per heavy atom. The average Bonchev–Trinajstić information content (AvgIpc) is 2.49. The number of hydrogen-bond donors (Lipinski definition) is 2. The highest BCUT2D eigenvalue weighted by molar-refractivity contribution is 4.91. The highest BCUT2D eigenvalue weighted by Gasteiger charge is 2.31. The molecule has 0 aliphatic carbocycles. The van der Waals surface area contributed by atoms with Crippen LogP contribution in [-0.4, -0.2) is 48.3 Å². The summed E-state index contributed by atoms with van der Waals surface area (Å²) in [5.41, 5.74) is -0.0197. The molecule has 0 aromatic heterocycles. The van der Waals surface area contributed by atoms with Gasteiger partial charge in [-0.3, -0.25) is 0 Å². The van der Waals surface area contributed by atoms with Gasteiger partial charge in [-0.1, -0.05) is 20.8 Å². The quantitative estimate of drug-likeness (QED) is 0.748. The van der Waals surface area contributed by atoms with Crippen molar-refractivity contribution in [3.8, 4) is 0 Å². The molecule has 0 bridgehead atoms. The maximum Gasteiger partial charge on any atom is 0.0613 e. The van der Waals surface area contributed by atoms with Gasteiger partial charge in [-0.25, -0.2) is 0 Å². The topological polar surface area (TPSA) is 35.5 Å².